The Hall–Kier alpha value is -1.37. The van der Waals surface area contributed by atoms with Gasteiger partial charge >= 0.3 is 0 Å². The molecule has 1 heterocycles. The minimum absolute atomic E-state index is 0.0879. The van der Waals surface area contributed by atoms with Gasteiger partial charge in [0.05, 0.1) is 5.75 Å². The van der Waals surface area contributed by atoms with Crippen molar-refractivity contribution in [2.75, 3.05) is 35.7 Å². The number of rotatable bonds is 7. The van der Waals surface area contributed by atoms with Crippen LogP contribution in [-0.2, 0) is 9.84 Å². The lowest BCUT2D eigenvalue weighted by Gasteiger charge is -2.12. The fourth-order valence-electron chi connectivity index (χ4n) is 1.45. The average Bonchev–Trinajstić information content (AvgIpc) is 2.27. The van der Waals surface area contributed by atoms with Gasteiger partial charge in [-0.3, -0.25) is 0 Å². The van der Waals surface area contributed by atoms with Crippen molar-refractivity contribution in [1.29, 1.82) is 0 Å². The summed E-state index contributed by atoms with van der Waals surface area (Å²) in [7, 11) is -2.96. The highest BCUT2D eigenvalue weighted by Crippen LogP contribution is 2.16. The molecule has 0 aliphatic carbocycles. The molecule has 1 aromatic heterocycles. The Bertz CT molecular complexity index is 514. The largest absolute Gasteiger partial charge is 0.370 e. The normalized spacial score (nSPS) is 11.6. The molecule has 0 amide bonds. The number of nitrogens with one attached hydrogen (secondary N) is 2. The summed E-state index contributed by atoms with van der Waals surface area (Å²) in [5.41, 5.74) is 0. The highest BCUT2D eigenvalue weighted by molar-refractivity contribution is 7.90. The molecule has 0 spiro atoms. The molecule has 0 saturated heterocycles. The van der Waals surface area contributed by atoms with Crippen molar-refractivity contribution in [2.24, 2.45) is 0 Å². The second-order valence-corrected chi connectivity index (χ2v) is 7.00. The highest BCUT2D eigenvalue weighted by Gasteiger charge is 2.08. The van der Waals surface area contributed by atoms with Crippen LogP contribution in [0.25, 0.3) is 0 Å². The third-order valence-electron chi connectivity index (χ3n) is 2.40. The van der Waals surface area contributed by atoms with Gasteiger partial charge in [-0.25, -0.2) is 18.4 Å². The Morgan fingerprint density at radius 3 is 2.26 bits per heavy atom. The van der Waals surface area contributed by atoms with E-state index in [1.54, 1.807) is 6.07 Å². The number of aromatic nitrogens is 2. The molecule has 1 aromatic rings. The minimum Gasteiger partial charge on any atom is -0.370 e. The van der Waals surface area contributed by atoms with E-state index >= 15 is 0 Å². The lowest BCUT2D eigenvalue weighted by atomic mass is 10.2. The first-order valence-corrected chi connectivity index (χ1v) is 8.42. The predicted molar refractivity (Wildman–Crippen MR) is 78.5 cm³/mol. The van der Waals surface area contributed by atoms with Crippen LogP contribution in [0.5, 0.6) is 0 Å². The molecule has 6 nitrogen and oxygen atoms in total. The molecular formula is C12H22N4O2S. The topological polar surface area (TPSA) is 84.0 Å². The van der Waals surface area contributed by atoms with Crippen molar-refractivity contribution in [1.82, 2.24) is 9.97 Å². The van der Waals surface area contributed by atoms with Crippen LogP contribution < -0.4 is 10.6 Å². The number of nitrogens with zero attached hydrogens (tertiary/aromatic N) is 2. The Balaban J connectivity index is 2.81. The zero-order valence-corrected chi connectivity index (χ0v) is 12.7. The zero-order chi connectivity index (χ0) is 14.5. The van der Waals surface area contributed by atoms with Crippen molar-refractivity contribution < 1.29 is 8.42 Å². The van der Waals surface area contributed by atoms with Gasteiger partial charge in [-0.1, -0.05) is 13.8 Å². The van der Waals surface area contributed by atoms with E-state index in [9.17, 15) is 8.42 Å². The number of sulfone groups is 1. The molecule has 0 aliphatic rings. The summed E-state index contributed by atoms with van der Waals surface area (Å²) in [5.74, 6) is 2.45. The van der Waals surface area contributed by atoms with Crippen LogP contribution >= 0.6 is 0 Å². The molecule has 108 valence electrons. The van der Waals surface area contributed by atoms with Crippen molar-refractivity contribution in [3.63, 3.8) is 0 Å². The van der Waals surface area contributed by atoms with E-state index in [-0.39, 0.29) is 11.7 Å². The van der Waals surface area contributed by atoms with Gasteiger partial charge in [0.25, 0.3) is 0 Å². The maximum atomic E-state index is 11.1. The minimum atomic E-state index is -2.96. The Morgan fingerprint density at radius 2 is 1.79 bits per heavy atom. The van der Waals surface area contributed by atoms with Crippen molar-refractivity contribution in [3.05, 3.63) is 11.9 Å². The van der Waals surface area contributed by atoms with E-state index in [1.807, 2.05) is 20.8 Å². The van der Waals surface area contributed by atoms with Crippen LogP contribution in [0.3, 0.4) is 0 Å². The third kappa shape index (κ3) is 5.87. The summed E-state index contributed by atoms with van der Waals surface area (Å²) in [6.07, 6.45) is 1.22. The summed E-state index contributed by atoms with van der Waals surface area (Å²) in [4.78, 5) is 8.78. The Labute approximate surface area is 115 Å². The smallest absolute Gasteiger partial charge is 0.149 e. The average molecular weight is 286 g/mol. The molecular weight excluding hydrogens is 264 g/mol. The zero-order valence-electron chi connectivity index (χ0n) is 11.9. The van der Waals surface area contributed by atoms with Gasteiger partial charge in [0, 0.05) is 31.3 Å². The molecule has 0 radical (unpaired) electrons. The molecule has 2 N–H and O–H groups in total. The SMILES string of the molecule is CCNc1cc(NCCS(C)(=O)=O)nc(C(C)C)n1. The summed E-state index contributed by atoms with van der Waals surface area (Å²) in [6, 6.07) is 1.79. The quantitative estimate of drug-likeness (QED) is 0.790. The molecule has 0 aromatic carbocycles. The van der Waals surface area contributed by atoms with E-state index in [0.717, 1.165) is 18.2 Å². The van der Waals surface area contributed by atoms with Crippen LogP contribution in [0.4, 0.5) is 11.6 Å². The number of hydrogen-bond acceptors (Lipinski definition) is 6. The summed E-state index contributed by atoms with van der Waals surface area (Å²) < 4.78 is 22.2. The van der Waals surface area contributed by atoms with Gasteiger partial charge in [-0.15, -0.1) is 0 Å². The lowest BCUT2D eigenvalue weighted by molar-refractivity contribution is 0.602. The van der Waals surface area contributed by atoms with E-state index in [0.29, 0.717) is 12.4 Å². The van der Waals surface area contributed by atoms with Crippen molar-refractivity contribution in [3.8, 4) is 0 Å². The molecule has 0 atom stereocenters. The Kier molecular flexibility index (Phi) is 5.53. The molecule has 19 heavy (non-hydrogen) atoms. The van der Waals surface area contributed by atoms with E-state index in [4.69, 9.17) is 0 Å². The van der Waals surface area contributed by atoms with E-state index < -0.39 is 9.84 Å². The van der Waals surface area contributed by atoms with Crippen LogP contribution in [-0.4, -0.2) is 43.5 Å². The van der Waals surface area contributed by atoms with Gasteiger partial charge in [-0.2, -0.15) is 0 Å². The maximum Gasteiger partial charge on any atom is 0.149 e. The van der Waals surface area contributed by atoms with Crippen LogP contribution in [0.1, 0.15) is 32.5 Å². The first-order chi connectivity index (χ1) is 8.81. The molecule has 0 saturated carbocycles. The molecule has 1 rings (SSSR count). The molecule has 0 aliphatic heterocycles. The maximum absolute atomic E-state index is 11.1. The third-order valence-corrected chi connectivity index (χ3v) is 3.34. The number of hydrogen-bond donors (Lipinski definition) is 2. The number of anilines is 2. The van der Waals surface area contributed by atoms with E-state index in [1.165, 1.54) is 6.26 Å². The molecule has 7 heteroatoms. The van der Waals surface area contributed by atoms with Gasteiger partial charge in [0.1, 0.15) is 27.3 Å². The van der Waals surface area contributed by atoms with Gasteiger partial charge in [-0.05, 0) is 6.92 Å². The highest BCUT2D eigenvalue weighted by atomic mass is 32.2. The standard InChI is InChI=1S/C12H22N4O2S/c1-5-13-10-8-11(14-6-7-19(4,17)18)16-12(15-10)9(2)3/h8-9H,5-7H2,1-4H3,(H2,13,14,15,16). The molecule has 0 bridgehead atoms. The van der Waals surface area contributed by atoms with E-state index in [2.05, 4.69) is 20.6 Å². The van der Waals surface area contributed by atoms with Crippen molar-refractivity contribution in [2.45, 2.75) is 26.7 Å². The second-order valence-electron chi connectivity index (χ2n) is 4.74. The first-order valence-electron chi connectivity index (χ1n) is 6.36. The molecule has 0 unspecified atom stereocenters. The lowest BCUT2D eigenvalue weighted by Crippen LogP contribution is -2.16. The summed E-state index contributed by atoms with van der Waals surface area (Å²) >= 11 is 0. The Morgan fingerprint density at radius 1 is 1.21 bits per heavy atom. The molecule has 0 fully saturated rings. The first kappa shape index (κ1) is 15.7. The fourth-order valence-corrected chi connectivity index (χ4v) is 1.92. The predicted octanol–water partition coefficient (Wildman–Crippen LogP) is 1.49. The summed E-state index contributed by atoms with van der Waals surface area (Å²) in [5, 5.41) is 6.17. The van der Waals surface area contributed by atoms with Crippen LogP contribution in [0.2, 0.25) is 0 Å². The fraction of sp³-hybridized carbons (Fsp3) is 0.667. The monoisotopic (exact) mass is 286 g/mol. The summed E-state index contributed by atoms with van der Waals surface area (Å²) in [6.45, 7) is 7.15. The van der Waals surface area contributed by atoms with Crippen molar-refractivity contribution >= 4 is 21.5 Å². The second kappa shape index (κ2) is 6.70. The van der Waals surface area contributed by atoms with Gasteiger partial charge < -0.3 is 10.6 Å². The van der Waals surface area contributed by atoms with Gasteiger partial charge in [0.15, 0.2) is 0 Å². The van der Waals surface area contributed by atoms with Gasteiger partial charge in [0.2, 0.25) is 0 Å². The van der Waals surface area contributed by atoms with Crippen LogP contribution in [0, 0.1) is 0 Å². The van der Waals surface area contributed by atoms with Crippen LogP contribution in [0.15, 0.2) is 6.07 Å².